The number of carboxylic acid groups (broad SMARTS) is 3. The number of hydrogen-bond acceptors (Lipinski definition) is 3. The Morgan fingerprint density at radius 2 is 1.00 bits per heavy atom. The third-order valence-corrected chi connectivity index (χ3v) is 5.04. The van der Waals surface area contributed by atoms with E-state index in [1.165, 1.54) is 44.9 Å². The Balaban J connectivity index is 3.94. The molecule has 6 nitrogen and oxygen atoms in total. The van der Waals surface area contributed by atoms with Crippen LogP contribution in [-0.2, 0) is 14.4 Å². The first kappa shape index (κ1) is 24.4. The molecule has 26 heavy (non-hydrogen) atoms. The van der Waals surface area contributed by atoms with Crippen molar-refractivity contribution in [3.05, 3.63) is 0 Å². The van der Waals surface area contributed by atoms with Crippen molar-refractivity contribution in [1.82, 2.24) is 0 Å². The molecule has 6 heteroatoms. The molecule has 0 saturated heterocycles. The van der Waals surface area contributed by atoms with Crippen molar-refractivity contribution >= 4 is 17.9 Å². The topological polar surface area (TPSA) is 112 Å². The molecule has 0 heterocycles. The molecule has 0 spiro atoms. The minimum absolute atomic E-state index is 0.0115. The van der Waals surface area contributed by atoms with E-state index in [1.807, 2.05) is 0 Å². The van der Waals surface area contributed by atoms with Gasteiger partial charge in [0.15, 0.2) is 5.41 Å². The highest BCUT2D eigenvalue weighted by atomic mass is 16.4. The van der Waals surface area contributed by atoms with Gasteiger partial charge in [0.05, 0.1) is 0 Å². The summed E-state index contributed by atoms with van der Waals surface area (Å²) in [5.74, 6) is -4.05. The van der Waals surface area contributed by atoms with Crippen molar-refractivity contribution in [2.75, 3.05) is 0 Å². The van der Waals surface area contributed by atoms with E-state index in [0.717, 1.165) is 25.7 Å². The van der Waals surface area contributed by atoms with Gasteiger partial charge in [-0.15, -0.1) is 0 Å². The van der Waals surface area contributed by atoms with Crippen molar-refractivity contribution in [2.45, 2.75) is 103 Å². The van der Waals surface area contributed by atoms with Crippen molar-refractivity contribution in [1.29, 1.82) is 0 Å². The Morgan fingerprint density at radius 3 is 1.35 bits per heavy atom. The van der Waals surface area contributed by atoms with Crippen LogP contribution >= 0.6 is 0 Å². The summed E-state index contributed by atoms with van der Waals surface area (Å²) in [5, 5.41) is 27.3. The highest BCUT2D eigenvalue weighted by Crippen LogP contribution is 2.32. The van der Waals surface area contributed by atoms with Crippen molar-refractivity contribution in [3.8, 4) is 0 Å². The molecule has 0 fully saturated rings. The van der Waals surface area contributed by atoms with E-state index in [1.54, 1.807) is 0 Å². The minimum atomic E-state index is -1.98. The number of aliphatic carboxylic acids is 3. The number of rotatable bonds is 18. The maximum absolute atomic E-state index is 11.4. The predicted octanol–water partition coefficient (Wildman–Crippen LogP) is 5.10. The first-order valence-electron chi connectivity index (χ1n) is 10.1. The summed E-state index contributed by atoms with van der Waals surface area (Å²) in [6.45, 7) is 2.21. The maximum atomic E-state index is 11.4. The normalized spacial score (nSPS) is 11.4. The highest BCUT2D eigenvalue weighted by Gasteiger charge is 2.45. The van der Waals surface area contributed by atoms with E-state index in [-0.39, 0.29) is 12.8 Å². The van der Waals surface area contributed by atoms with E-state index in [0.29, 0.717) is 6.42 Å². The van der Waals surface area contributed by atoms with E-state index in [9.17, 15) is 24.6 Å². The quantitative estimate of drug-likeness (QED) is 0.228. The number of unbranched alkanes of at least 4 members (excludes halogenated alkanes) is 11. The van der Waals surface area contributed by atoms with Crippen LogP contribution in [-0.4, -0.2) is 33.2 Å². The molecular weight excluding hydrogens is 336 g/mol. The van der Waals surface area contributed by atoms with E-state index >= 15 is 0 Å². The molecule has 0 aliphatic rings. The standard InChI is InChI=1S/C20H36O6/c1-2-3-4-5-6-7-8-9-10-11-12-13-15-20(18(23)24,19(25)26)16-14-17(21)22/h2-16H2,1H3,(H,21,22)(H,23,24)(H,25,26). The molecule has 0 unspecified atom stereocenters. The largest absolute Gasteiger partial charge is 0.481 e. The van der Waals surface area contributed by atoms with Gasteiger partial charge in [0, 0.05) is 6.42 Å². The van der Waals surface area contributed by atoms with Gasteiger partial charge in [-0.3, -0.25) is 14.4 Å². The lowest BCUT2D eigenvalue weighted by Gasteiger charge is -2.24. The van der Waals surface area contributed by atoms with Gasteiger partial charge >= 0.3 is 17.9 Å². The van der Waals surface area contributed by atoms with Crippen LogP contribution in [0.1, 0.15) is 103 Å². The van der Waals surface area contributed by atoms with Crippen LogP contribution in [0.4, 0.5) is 0 Å². The second-order valence-corrected chi connectivity index (χ2v) is 7.23. The summed E-state index contributed by atoms with van der Waals surface area (Å²) < 4.78 is 0. The van der Waals surface area contributed by atoms with Crippen LogP contribution in [0.5, 0.6) is 0 Å². The second-order valence-electron chi connectivity index (χ2n) is 7.23. The Labute approximate surface area is 157 Å². The van der Waals surface area contributed by atoms with Gasteiger partial charge in [0.1, 0.15) is 0 Å². The molecule has 0 radical (unpaired) electrons. The average Bonchev–Trinajstić information content (AvgIpc) is 2.57. The first-order valence-corrected chi connectivity index (χ1v) is 10.1. The molecule has 0 aliphatic heterocycles. The Bertz CT molecular complexity index is 405. The lowest BCUT2D eigenvalue weighted by molar-refractivity contribution is -0.166. The molecule has 0 atom stereocenters. The van der Waals surface area contributed by atoms with E-state index in [2.05, 4.69) is 6.92 Å². The lowest BCUT2D eigenvalue weighted by Crippen LogP contribution is -2.39. The zero-order chi connectivity index (χ0) is 19.8. The fourth-order valence-corrected chi connectivity index (χ4v) is 3.23. The third-order valence-electron chi connectivity index (χ3n) is 5.04. The van der Waals surface area contributed by atoms with Gasteiger partial charge in [-0.05, 0) is 12.8 Å². The van der Waals surface area contributed by atoms with Crippen LogP contribution in [0, 0.1) is 5.41 Å². The molecule has 3 N–H and O–H groups in total. The number of hydrogen-bond donors (Lipinski definition) is 3. The van der Waals surface area contributed by atoms with Crippen molar-refractivity contribution in [2.24, 2.45) is 5.41 Å². The van der Waals surface area contributed by atoms with Crippen LogP contribution in [0.25, 0.3) is 0 Å². The van der Waals surface area contributed by atoms with E-state index in [4.69, 9.17) is 5.11 Å². The summed E-state index contributed by atoms with van der Waals surface area (Å²) >= 11 is 0. The highest BCUT2D eigenvalue weighted by molar-refractivity contribution is 5.98. The van der Waals surface area contributed by atoms with Crippen LogP contribution < -0.4 is 0 Å². The Morgan fingerprint density at radius 1 is 0.615 bits per heavy atom. The van der Waals surface area contributed by atoms with Gasteiger partial charge in [-0.2, -0.15) is 0 Å². The molecule has 0 amide bonds. The van der Waals surface area contributed by atoms with Crippen LogP contribution in [0.2, 0.25) is 0 Å². The fraction of sp³-hybridized carbons (Fsp3) is 0.850. The van der Waals surface area contributed by atoms with Crippen molar-refractivity contribution < 1.29 is 29.7 Å². The van der Waals surface area contributed by atoms with Crippen molar-refractivity contribution in [3.63, 3.8) is 0 Å². The molecule has 0 rings (SSSR count). The second kappa shape index (κ2) is 14.6. The SMILES string of the molecule is CCCCCCCCCCCCCCC(CCC(=O)O)(C(=O)O)C(=O)O. The maximum Gasteiger partial charge on any atom is 0.321 e. The predicted molar refractivity (Wildman–Crippen MR) is 100 cm³/mol. The molecular formula is C20H36O6. The summed E-state index contributed by atoms with van der Waals surface area (Å²) in [5.41, 5.74) is -1.98. The molecule has 0 aromatic rings. The molecule has 0 saturated carbocycles. The molecule has 0 bridgehead atoms. The summed E-state index contributed by atoms with van der Waals surface area (Å²) in [6.07, 6.45) is 12.7. The Hall–Kier alpha value is -1.59. The summed E-state index contributed by atoms with van der Waals surface area (Å²) in [4.78, 5) is 33.5. The molecule has 0 aromatic heterocycles. The number of carboxylic acids is 3. The smallest absolute Gasteiger partial charge is 0.321 e. The fourth-order valence-electron chi connectivity index (χ4n) is 3.23. The van der Waals surface area contributed by atoms with Gasteiger partial charge in [-0.25, -0.2) is 0 Å². The van der Waals surface area contributed by atoms with Gasteiger partial charge in [-0.1, -0.05) is 84.0 Å². The van der Waals surface area contributed by atoms with Gasteiger partial charge in [0.2, 0.25) is 0 Å². The minimum Gasteiger partial charge on any atom is -0.481 e. The lowest BCUT2D eigenvalue weighted by atomic mass is 9.78. The summed E-state index contributed by atoms with van der Waals surface area (Å²) in [6, 6.07) is 0. The monoisotopic (exact) mass is 372 g/mol. The third kappa shape index (κ3) is 10.4. The van der Waals surface area contributed by atoms with Gasteiger partial charge < -0.3 is 15.3 Å². The molecule has 0 aromatic carbocycles. The van der Waals surface area contributed by atoms with Gasteiger partial charge in [0.25, 0.3) is 0 Å². The first-order chi connectivity index (χ1) is 12.4. The average molecular weight is 373 g/mol. The molecule has 0 aliphatic carbocycles. The molecule has 152 valence electrons. The zero-order valence-corrected chi connectivity index (χ0v) is 16.2. The van der Waals surface area contributed by atoms with Crippen LogP contribution in [0.3, 0.4) is 0 Å². The van der Waals surface area contributed by atoms with E-state index < -0.39 is 29.7 Å². The Kier molecular flexibility index (Phi) is 13.7. The number of carbonyl (C=O) groups is 3. The summed E-state index contributed by atoms with van der Waals surface area (Å²) in [7, 11) is 0. The van der Waals surface area contributed by atoms with Crippen LogP contribution in [0.15, 0.2) is 0 Å². The zero-order valence-electron chi connectivity index (χ0n) is 16.2.